The molecule has 0 unspecified atom stereocenters. The Morgan fingerprint density at radius 1 is 1.30 bits per heavy atom. The monoisotopic (exact) mass is 366 g/mol. The second kappa shape index (κ2) is 8.64. The molecule has 0 spiro atoms. The first-order valence-corrected chi connectivity index (χ1v) is 9.25. The lowest BCUT2D eigenvalue weighted by molar-refractivity contribution is -0.129. The second-order valence-electron chi connectivity index (χ2n) is 6.44. The van der Waals surface area contributed by atoms with Crippen molar-refractivity contribution in [3.8, 4) is 0 Å². The highest BCUT2D eigenvalue weighted by molar-refractivity contribution is 6.10. The van der Waals surface area contributed by atoms with E-state index < -0.39 is 0 Å². The molecule has 1 amide bonds. The van der Waals surface area contributed by atoms with E-state index in [9.17, 15) is 4.79 Å². The molecule has 1 saturated heterocycles. The number of amides is 1. The van der Waals surface area contributed by atoms with Crippen LogP contribution in [0.3, 0.4) is 0 Å². The number of hydrogen-bond acceptors (Lipinski definition) is 6. The number of benzene rings is 1. The molecule has 1 aromatic carbocycles. The van der Waals surface area contributed by atoms with Crippen molar-refractivity contribution in [1.82, 2.24) is 15.3 Å². The molecule has 27 heavy (non-hydrogen) atoms. The number of nitrogens with zero attached hydrogens (tertiary/aromatic N) is 4. The summed E-state index contributed by atoms with van der Waals surface area (Å²) in [5.74, 6) is 1.04. The fraction of sp³-hybridized carbons (Fsp3) is 0.350. The standard InChI is InChI=1S/C20H26N6O/c1-4-11-26-19(27)16-12-18(24-26)23-20(21-13-16)22-17-9-7-15(8-10-17)14-25(5-2)6-3/h4,7-10,13H,1,5-6,11-12,14H2,2-3H3,(H2,21,22,23,24). The zero-order chi connectivity index (χ0) is 19.2. The number of hydrogen-bond donors (Lipinski definition) is 2. The fourth-order valence-corrected chi connectivity index (χ4v) is 2.98. The van der Waals surface area contributed by atoms with E-state index in [0.29, 0.717) is 30.3 Å². The van der Waals surface area contributed by atoms with Gasteiger partial charge < -0.3 is 5.32 Å². The van der Waals surface area contributed by atoms with Gasteiger partial charge in [0.25, 0.3) is 5.91 Å². The van der Waals surface area contributed by atoms with Crippen LogP contribution in [0, 0.1) is 0 Å². The van der Waals surface area contributed by atoms with Gasteiger partial charge in [-0.2, -0.15) is 4.99 Å². The molecule has 1 aromatic rings. The topological polar surface area (TPSA) is 72.3 Å². The fourth-order valence-electron chi connectivity index (χ4n) is 2.98. The van der Waals surface area contributed by atoms with E-state index in [-0.39, 0.29) is 5.91 Å². The number of fused-ring (bicyclic) bond motifs is 2. The Hall–Kier alpha value is -2.93. The van der Waals surface area contributed by atoms with Crippen LogP contribution in [0.4, 0.5) is 5.69 Å². The number of carbonyl (C=O) groups excluding carboxylic acids is 1. The average Bonchev–Trinajstić information content (AvgIpc) is 2.85. The van der Waals surface area contributed by atoms with Crippen molar-refractivity contribution in [1.29, 1.82) is 0 Å². The van der Waals surface area contributed by atoms with Gasteiger partial charge in [0.15, 0.2) is 0 Å². The minimum atomic E-state index is -0.0976. The number of aliphatic imine (C=N–C) groups is 2. The van der Waals surface area contributed by atoms with Crippen LogP contribution >= 0.6 is 0 Å². The van der Waals surface area contributed by atoms with Crippen molar-refractivity contribution in [2.24, 2.45) is 9.98 Å². The van der Waals surface area contributed by atoms with Crippen LogP contribution < -0.4 is 10.7 Å². The third-order valence-corrected chi connectivity index (χ3v) is 4.55. The highest BCUT2D eigenvalue weighted by Crippen LogP contribution is 2.17. The van der Waals surface area contributed by atoms with Crippen molar-refractivity contribution in [2.75, 3.05) is 25.0 Å². The van der Waals surface area contributed by atoms with E-state index in [1.807, 2.05) is 12.1 Å². The van der Waals surface area contributed by atoms with Crippen molar-refractivity contribution in [2.45, 2.75) is 26.8 Å². The smallest absolute Gasteiger partial charge is 0.270 e. The number of guanidine groups is 1. The van der Waals surface area contributed by atoms with Crippen molar-refractivity contribution in [3.63, 3.8) is 0 Å². The first-order chi connectivity index (χ1) is 13.1. The van der Waals surface area contributed by atoms with Gasteiger partial charge in [-0.25, -0.2) is 10.0 Å². The molecule has 0 saturated carbocycles. The Balaban J connectivity index is 1.70. The molecule has 2 heterocycles. The summed E-state index contributed by atoms with van der Waals surface area (Å²) in [6, 6.07) is 8.26. The van der Waals surface area contributed by atoms with Crippen LogP contribution in [-0.4, -0.2) is 47.2 Å². The number of rotatable bonds is 7. The van der Waals surface area contributed by atoms with Gasteiger partial charge in [0.1, 0.15) is 5.84 Å². The third kappa shape index (κ3) is 4.62. The van der Waals surface area contributed by atoms with Crippen molar-refractivity contribution in [3.05, 3.63) is 54.3 Å². The van der Waals surface area contributed by atoms with E-state index in [1.54, 1.807) is 12.3 Å². The molecule has 2 bridgehead atoms. The van der Waals surface area contributed by atoms with Crippen LogP contribution in [0.2, 0.25) is 0 Å². The molecule has 0 aliphatic carbocycles. The van der Waals surface area contributed by atoms with Gasteiger partial charge in [-0.05, 0) is 30.8 Å². The lowest BCUT2D eigenvalue weighted by Gasteiger charge is -2.29. The summed E-state index contributed by atoms with van der Waals surface area (Å²) >= 11 is 0. The number of hydrazine groups is 1. The lowest BCUT2D eigenvalue weighted by atomic mass is 10.1. The predicted octanol–water partition coefficient (Wildman–Crippen LogP) is 2.52. The van der Waals surface area contributed by atoms with E-state index >= 15 is 0 Å². The quantitative estimate of drug-likeness (QED) is 0.728. The molecule has 142 valence electrons. The van der Waals surface area contributed by atoms with Gasteiger partial charge >= 0.3 is 0 Å². The molecule has 7 heteroatoms. The maximum absolute atomic E-state index is 12.3. The summed E-state index contributed by atoms with van der Waals surface area (Å²) in [6.07, 6.45) is 3.71. The summed E-state index contributed by atoms with van der Waals surface area (Å²) in [5.41, 5.74) is 5.82. The van der Waals surface area contributed by atoms with Crippen LogP contribution in [-0.2, 0) is 11.3 Å². The molecule has 2 N–H and O–H groups in total. The number of nitrogens with one attached hydrogen (secondary N) is 2. The highest BCUT2D eigenvalue weighted by Gasteiger charge is 2.27. The first-order valence-electron chi connectivity index (χ1n) is 9.25. The molecule has 7 nitrogen and oxygen atoms in total. The molecule has 1 fully saturated rings. The Morgan fingerprint density at radius 2 is 2.04 bits per heavy atom. The SMILES string of the molecule is C=CCN1NC2=NC(Nc3ccc(CN(CC)CC)cc3)=NC=C(C2)C1=O. The zero-order valence-corrected chi connectivity index (χ0v) is 15.9. The molecular formula is C20H26N6O. The van der Waals surface area contributed by atoms with Gasteiger partial charge in [0.2, 0.25) is 5.96 Å². The Bertz CT molecular complexity index is 789. The summed E-state index contributed by atoms with van der Waals surface area (Å²) in [4.78, 5) is 23.5. The lowest BCUT2D eigenvalue weighted by Crippen LogP contribution is -2.51. The Morgan fingerprint density at radius 3 is 2.70 bits per heavy atom. The van der Waals surface area contributed by atoms with Crippen LogP contribution in [0.25, 0.3) is 0 Å². The third-order valence-electron chi connectivity index (χ3n) is 4.55. The van der Waals surface area contributed by atoms with E-state index in [4.69, 9.17) is 0 Å². The van der Waals surface area contributed by atoms with Crippen molar-refractivity contribution >= 4 is 23.4 Å². The van der Waals surface area contributed by atoms with Gasteiger partial charge in [-0.3, -0.25) is 15.1 Å². The minimum Gasteiger partial charge on any atom is -0.324 e. The van der Waals surface area contributed by atoms with Gasteiger partial charge in [0.05, 0.1) is 6.54 Å². The molecule has 2 aliphatic rings. The van der Waals surface area contributed by atoms with Crippen molar-refractivity contribution < 1.29 is 4.79 Å². The summed E-state index contributed by atoms with van der Waals surface area (Å²) < 4.78 is 0. The number of amidine groups is 1. The molecule has 0 aromatic heterocycles. The summed E-state index contributed by atoms with van der Waals surface area (Å²) in [7, 11) is 0. The van der Waals surface area contributed by atoms with E-state index in [1.165, 1.54) is 10.6 Å². The Kier molecular flexibility index (Phi) is 6.03. The largest absolute Gasteiger partial charge is 0.324 e. The number of anilines is 1. The molecule has 2 aliphatic heterocycles. The molecule has 3 rings (SSSR count). The second-order valence-corrected chi connectivity index (χ2v) is 6.44. The average molecular weight is 366 g/mol. The highest BCUT2D eigenvalue weighted by atomic mass is 16.2. The first kappa shape index (κ1) is 18.8. The zero-order valence-electron chi connectivity index (χ0n) is 15.9. The maximum Gasteiger partial charge on any atom is 0.270 e. The van der Waals surface area contributed by atoms with Crippen LogP contribution in [0.15, 0.2) is 58.7 Å². The van der Waals surface area contributed by atoms with Gasteiger partial charge in [-0.15, -0.1) is 6.58 Å². The molecule has 0 radical (unpaired) electrons. The normalized spacial score (nSPS) is 16.2. The minimum absolute atomic E-state index is 0.0976. The molecule has 0 atom stereocenters. The summed E-state index contributed by atoms with van der Waals surface area (Å²) in [6.45, 7) is 11.4. The van der Waals surface area contributed by atoms with Gasteiger partial charge in [0, 0.05) is 30.4 Å². The van der Waals surface area contributed by atoms with Crippen LogP contribution in [0.5, 0.6) is 0 Å². The van der Waals surface area contributed by atoms with Crippen LogP contribution in [0.1, 0.15) is 25.8 Å². The van der Waals surface area contributed by atoms with E-state index in [2.05, 4.69) is 58.2 Å². The Labute approximate surface area is 160 Å². The summed E-state index contributed by atoms with van der Waals surface area (Å²) in [5, 5.41) is 4.71. The maximum atomic E-state index is 12.3. The van der Waals surface area contributed by atoms with Gasteiger partial charge in [-0.1, -0.05) is 32.1 Å². The van der Waals surface area contributed by atoms with E-state index in [0.717, 1.165) is 25.3 Å². The molecular weight excluding hydrogens is 340 g/mol. The predicted molar refractivity (Wildman–Crippen MR) is 109 cm³/mol. The number of carbonyl (C=O) groups is 1.